The monoisotopic (exact) mass is 308 g/mol. The molecule has 20 heavy (non-hydrogen) atoms. The van der Waals surface area contributed by atoms with Gasteiger partial charge in [-0.25, -0.2) is 15.4 Å². The number of anilines is 1. The Morgan fingerprint density at radius 3 is 3.20 bits per heavy atom. The Balaban J connectivity index is 1.85. The standard InChI is InChI=1S/C11H9ClN6OS/c1-6-4-8(19)15-10(14-6)17-13-5-7-9(12)16-11-18(7)2-3-20-11/h2-5H,1H3,(H2,14,15,17,19)/b13-5+. The van der Waals surface area contributed by atoms with Gasteiger partial charge >= 0.3 is 0 Å². The molecule has 2 N–H and O–H groups in total. The van der Waals surface area contributed by atoms with Gasteiger partial charge in [-0.3, -0.25) is 14.2 Å². The zero-order chi connectivity index (χ0) is 14.1. The number of hydrazone groups is 1. The summed E-state index contributed by atoms with van der Waals surface area (Å²) in [5.74, 6) is 0.272. The molecule has 0 spiro atoms. The Bertz CT molecular complexity index is 848. The number of fused-ring (bicyclic) bond motifs is 1. The Morgan fingerprint density at radius 1 is 1.55 bits per heavy atom. The van der Waals surface area contributed by atoms with Crippen LogP contribution in [0.15, 0.2) is 27.5 Å². The SMILES string of the molecule is Cc1cc(=O)[nH]c(N/N=C/c2c(Cl)nc3sccn23)n1. The molecule has 0 aromatic carbocycles. The van der Waals surface area contributed by atoms with Crippen LogP contribution < -0.4 is 11.0 Å². The maximum Gasteiger partial charge on any atom is 0.252 e. The molecule has 0 aliphatic heterocycles. The van der Waals surface area contributed by atoms with Crippen LogP contribution in [0.4, 0.5) is 5.95 Å². The van der Waals surface area contributed by atoms with Crippen molar-refractivity contribution < 1.29 is 0 Å². The molecule has 0 bridgehead atoms. The van der Waals surface area contributed by atoms with Crippen molar-refractivity contribution in [3.8, 4) is 0 Å². The number of hydrogen-bond acceptors (Lipinski definition) is 6. The Labute approximate surface area is 122 Å². The summed E-state index contributed by atoms with van der Waals surface area (Å²) in [7, 11) is 0. The molecule has 3 heterocycles. The predicted octanol–water partition coefficient (Wildman–Crippen LogP) is 1.89. The number of halogens is 1. The second-order valence-corrected chi connectivity index (χ2v) is 5.18. The van der Waals surface area contributed by atoms with Gasteiger partial charge in [0.15, 0.2) is 10.1 Å². The number of nitrogens with one attached hydrogen (secondary N) is 2. The van der Waals surface area contributed by atoms with Gasteiger partial charge in [0, 0.05) is 23.3 Å². The summed E-state index contributed by atoms with van der Waals surface area (Å²) in [5, 5.41) is 6.28. The van der Waals surface area contributed by atoms with Crippen LogP contribution in [0.1, 0.15) is 11.4 Å². The first-order valence-corrected chi connectivity index (χ1v) is 6.87. The van der Waals surface area contributed by atoms with E-state index in [0.29, 0.717) is 16.5 Å². The van der Waals surface area contributed by atoms with Gasteiger partial charge in [-0.15, -0.1) is 11.3 Å². The predicted molar refractivity (Wildman–Crippen MR) is 78.9 cm³/mol. The first-order chi connectivity index (χ1) is 9.63. The molecule has 102 valence electrons. The number of aromatic nitrogens is 4. The molecule has 3 rings (SSSR count). The number of H-pyrrole nitrogens is 1. The van der Waals surface area contributed by atoms with E-state index in [-0.39, 0.29) is 11.5 Å². The minimum Gasteiger partial charge on any atom is -0.291 e. The number of aromatic amines is 1. The van der Waals surface area contributed by atoms with Gasteiger partial charge in [0.2, 0.25) is 5.95 Å². The Hall–Kier alpha value is -2.19. The topological polar surface area (TPSA) is 87.4 Å². The average molecular weight is 309 g/mol. The highest BCUT2D eigenvalue weighted by Crippen LogP contribution is 2.19. The van der Waals surface area contributed by atoms with Crippen molar-refractivity contribution in [3.05, 3.63) is 44.5 Å². The first kappa shape index (κ1) is 12.8. The van der Waals surface area contributed by atoms with Crippen molar-refractivity contribution in [2.45, 2.75) is 6.92 Å². The van der Waals surface area contributed by atoms with Crippen LogP contribution in [0, 0.1) is 6.92 Å². The van der Waals surface area contributed by atoms with E-state index in [1.807, 2.05) is 16.0 Å². The van der Waals surface area contributed by atoms with Crippen LogP contribution in [-0.2, 0) is 0 Å². The molecular formula is C11H9ClN6OS. The highest BCUT2D eigenvalue weighted by atomic mass is 35.5. The van der Waals surface area contributed by atoms with Crippen molar-refractivity contribution >= 4 is 40.1 Å². The van der Waals surface area contributed by atoms with Crippen LogP contribution >= 0.6 is 22.9 Å². The minimum absolute atomic E-state index is 0.238. The third-order valence-corrected chi connectivity index (χ3v) is 3.52. The lowest BCUT2D eigenvalue weighted by molar-refractivity contribution is 1.04. The van der Waals surface area contributed by atoms with Gasteiger partial charge in [-0.1, -0.05) is 11.6 Å². The van der Waals surface area contributed by atoms with Crippen molar-refractivity contribution in [2.24, 2.45) is 5.10 Å². The fourth-order valence-electron chi connectivity index (χ4n) is 1.68. The quantitative estimate of drug-likeness (QED) is 0.571. The molecule has 3 aromatic heterocycles. The molecule has 3 aromatic rings. The number of imidazole rings is 1. The zero-order valence-electron chi connectivity index (χ0n) is 10.3. The van der Waals surface area contributed by atoms with Gasteiger partial charge in [0.25, 0.3) is 5.56 Å². The lowest BCUT2D eigenvalue weighted by atomic mass is 10.4. The molecule has 0 unspecified atom stereocenters. The van der Waals surface area contributed by atoms with Gasteiger partial charge in [-0.05, 0) is 6.92 Å². The molecule has 0 aliphatic carbocycles. The fraction of sp³-hybridized carbons (Fsp3) is 0.0909. The molecule has 7 nitrogen and oxygen atoms in total. The van der Waals surface area contributed by atoms with Crippen molar-refractivity contribution in [3.63, 3.8) is 0 Å². The summed E-state index contributed by atoms with van der Waals surface area (Å²) in [6.07, 6.45) is 3.38. The molecule has 0 fully saturated rings. The molecule has 0 atom stereocenters. The third kappa shape index (κ3) is 2.43. The van der Waals surface area contributed by atoms with Crippen LogP contribution in [0.5, 0.6) is 0 Å². The number of hydrogen-bond donors (Lipinski definition) is 2. The first-order valence-electron chi connectivity index (χ1n) is 5.61. The summed E-state index contributed by atoms with van der Waals surface area (Å²) in [6, 6.07) is 1.40. The van der Waals surface area contributed by atoms with E-state index < -0.39 is 0 Å². The lowest BCUT2D eigenvalue weighted by Crippen LogP contribution is -2.10. The molecule has 0 aliphatic rings. The second kappa shape index (κ2) is 5.06. The van der Waals surface area contributed by atoms with Gasteiger partial charge < -0.3 is 0 Å². The summed E-state index contributed by atoms with van der Waals surface area (Å²) < 4.78 is 1.82. The van der Waals surface area contributed by atoms with Crippen LogP contribution in [0.25, 0.3) is 4.96 Å². The summed E-state index contributed by atoms with van der Waals surface area (Å²) in [6.45, 7) is 1.73. The Kier molecular flexibility index (Phi) is 3.25. The lowest BCUT2D eigenvalue weighted by Gasteiger charge is -1.99. The number of rotatable bonds is 3. The Morgan fingerprint density at radius 2 is 2.40 bits per heavy atom. The van der Waals surface area contributed by atoms with E-state index in [2.05, 4.69) is 25.5 Å². The van der Waals surface area contributed by atoms with Gasteiger partial charge in [0.1, 0.15) is 5.69 Å². The van der Waals surface area contributed by atoms with Crippen molar-refractivity contribution in [2.75, 3.05) is 5.43 Å². The van der Waals surface area contributed by atoms with Crippen LogP contribution in [0.2, 0.25) is 5.15 Å². The highest BCUT2D eigenvalue weighted by Gasteiger charge is 2.08. The molecular weight excluding hydrogens is 300 g/mol. The highest BCUT2D eigenvalue weighted by molar-refractivity contribution is 7.15. The van der Waals surface area contributed by atoms with Crippen LogP contribution in [-0.4, -0.2) is 25.6 Å². The zero-order valence-corrected chi connectivity index (χ0v) is 11.9. The maximum absolute atomic E-state index is 11.3. The number of nitrogens with zero attached hydrogens (tertiary/aromatic N) is 4. The summed E-state index contributed by atoms with van der Waals surface area (Å²) >= 11 is 7.51. The summed E-state index contributed by atoms with van der Waals surface area (Å²) in [4.78, 5) is 22.9. The van der Waals surface area contributed by atoms with E-state index in [4.69, 9.17) is 11.6 Å². The van der Waals surface area contributed by atoms with E-state index in [1.54, 1.807) is 6.92 Å². The van der Waals surface area contributed by atoms with E-state index in [9.17, 15) is 4.79 Å². The molecule has 0 radical (unpaired) electrons. The van der Waals surface area contributed by atoms with Crippen molar-refractivity contribution in [1.29, 1.82) is 0 Å². The fourth-order valence-corrected chi connectivity index (χ4v) is 2.67. The van der Waals surface area contributed by atoms with E-state index >= 15 is 0 Å². The third-order valence-electron chi connectivity index (χ3n) is 2.48. The maximum atomic E-state index is 11.3. The normalized spacial score (nSPS) is 11.5. The van der Waals surface area contributed by atoms with E-state index in [1.165, 1.54) is 23.6 Å². The smallest absolute Gasteiger partial charge is 0.252 e. The van der Waals surface area contributed by atoms with Gasteiger partial charge in [0.05, 0.1) is 6.21 Å². The number of aryl methyl sites for hydroxylation is 1. The molecule has 0 saturated heterocycles. The second-order valence-electron chi connectivity index (χ2n) is 3.95. The van der Waals surface area contributed by atoms with Crippen LogP contribution in [0.3, 0.4) is 0 Å². The summed E-state index contributed by atoms with van der Waals surface area (Å²) in [5.41, 5.74) is 3.68. The van der Waals surface area contributed by atoms with E-state index in [0.717, 1.165) is 4.96 Å². The molecule has 9 heteroatoms. The average Bonchev–Trinajstić information content (AvgIpc) is 2.91. The largest absolute Gasteiger partial charge is 0.291 e. The minimum atomic E-state index is -0.238. The van der Waals surface area contributed by atoms with Crippen molar-refractivity contribution in [1.82, 2.24) is 19.4 Å². The number of thiazole rings is 1. The molecule has 0 saturated carbocycles. The van der Waals surface area contributed by atoms with Gasteiger partial charge in [-0.2, -0.15) is 5.10 Å². The molecule has 0 amide bonds.